The summed E-state index contributed by atoms with van der Waals surface area (Å²) in [7, 11) is 0. The van der Waals surface area contributed by atoms with Gasteiger partial charge in [-0.15, -0.1) is 35.9 Å². The molecule has 0 saturated carbocycles. The largest absolute Gasteiger partial charge is 0.323 e. The van der Waals surface area contributed by atoms with Crippen molar-refractivity contribution in [1.82, 2.24) is 4.98 Å². The van der Waals surface area contributed by atoms with Gasteiger partial charge in [-0.3, -0.25) is 4.98 Å². The predicted octanol–water partition coefficient (Wildman–Crippen LogP) is 2.57. The molecule has 0 radical (unpaired) electrons. The molecule has 0 aliphatic heterocycles. The summed E-state index contributed by atoms with van der Waals surface area (Å²) in [5.41, 5.74) is 8.62. The van der Waals surface area contributed by atoms with Crippen LogP contribution in [0.4, 0.5) is 0 Å². The summed E-state index contributed by atoms with van der Waals surface area (Å²) in [6.07, 6.45) is 0. The molecular formula is C13H13N2-. The highest BCUT2D eigenvalue weighted by Gasteiger charge is 1.99. The number of nitrogens with two attached hydrogens (primary N) is 1. The van der Waals surface area contributed by atoms with Crippen molar-refractivity contribution in [2.24, 2.45) is 5.73 Å². The molecule has 15 heavy (non-hydrogen) atoms. The van der Waals surface area contributed by atoms with E-state index in [0.717, 1.165) is 17.0 Å². The molecule has 0 amide bonds. The number of hydrogen-bond donors (Lipinski definition) is 1. The molecular weight excluding hydrogens is 184 g/mol. The van der Waals surface area contributed by atoms with Crippen molar-refractivity contribution in [3.63, 3.8) is 0 Å². The van der Waals surface area contributed by atoms with E-state index in [0.29, 0.717) is 0 Å². The molecule has 1 unspecified atom stereocenters. The lowest BCUT2D eigenvalue weighted by Crippen LogP contribution is -2.07. The Bertz CT molecular complexity index is 435. The van der Waals surface area contributed by atoms with E-state index in [1.54, 1.807) is 0 Å². The summed E-state index contributed by atoms with van der Waals surface area (Å²) in [5, 5.41) is 0. The smallest absolute Gasteiger partial charge is 0.0461 e. The van der Waals surface area contributed by atoms with Gasteiger partial charge >= 0.3 is 0 Å². The second kappa shape index (κ2) is 4.24. The molecule has 0 bridgehead atoms. The average Bonchev–Trinajstić information content (AvgIpc) is 2.30. The molecule has 1 atom stereocenters. The van der Waals surface area contributed by atoms with Crippen LogP contribution in [0.15, 0.2) is 42.5 Å². The Morgan fingerprint density at radius 1 is 1.20 bits per heavy atom. The van der Waals surface area contributed by atoms with Crippen LogP contribution in [0, 0.1) is 6.07 Å². The first-order valence-corrected chi connectivity index (χ1v) is 4.97. The minimum atomic E-state index is -0.0336. The molecule has 0 saturated heterocycles. The molecule has 0 spiro atoms. The van der Waals surface area contributed by atoms with Crippen molar-refractivity contribution in [1.29, 1.82) is 0 Å². The summed E-state index contributed by atoms with van der Waals surface area (Å²) in [6, 6.07) is 16.8. The van der Waals surface area contributed by atoms with Gasteiger partial charge in [0.05, 0.1) is 0 Å². The highest BCUT2D eigenvalue weighted by molar-refractivity contribution is 5.58. The third kappa shape index (κ3) is 2.22. The van der Waals surface area contributed by atoms with E-state index in [4.69, 9.17) is 5.73 Å². The topological polar surface area (TPSA) is 38.9 Å². The Morgan fingerprint density at radius 3 is 2.73 bits per heavy atom. The van der Waals surface area contributed by atoms with Crippen LogP contribution in [0.2, 0.25) is 0 Å². The monoisotopic (exact) mass is 197 g/mol. The number of pyridine rings is 1. The summed E-state index contributed by atoms with van der Waals surface area (Å²) in [4.78, 5) is 4.49. The maximum Gasteiger partial charge on any atom is 0.0461 e. The second-order valence-corrected chi connectivity index (χ2v) is 3.51. The molecule has 76 valence electrons. The zero-order valence-electron chi connectivity index (χ0n) is 8.64. The Balaban J connectivity index is 2.42. The molecule has 2 aromatic rings. The SMILES string of the molecule is CC(N)c1cccc(-c2[c-]cccc2)n1. The molecule has 1 heterocycles. The summed E-state index contributed by atoms with van der Waals surface area (Å²) in [6.45, 7) is 1.93. The Morgan fingerprint density at radius 2 is 2.07 bits per heavy atom. The Hall–Kier alpha value is -1.67. The lowest BCUT2D eigenvalue weighted by Gasteiger charge is -2.11. The molecule has 0 aliphatic carbocycles. The fourth-order valence-corrected chi connectivity index (χ4v) is 1.41. The third-order valence-electron chi connectivity index (χ3n) is 2.22. The second-order valence-electron chi connectivity index (χ2n) is 3.51. The minimum Gasteiger partial charge on any atom is -0.323 e. The van der Waals surface area contributed by atoms with Gasteiger partial charge < -0.3 is 5.73 Å². The van der Waals surface area contributed by atoms with Crippen LogP contribution in [-0.2, 0) is 0 Å². The Kier molecular flexibility index (Phi) is 2.79. The third-order valence-corrected chi connectivity index (χ3v) is 2.22. The molecule has 1 aromatic carbocycles. The molecule has 0 aliphatic rings. The van der Waals surface area contributed by atoms with Crippen molar-refractivity contribution >= 4 is 0 Å². The highest BCUT2D eigenvalue weighted by atomic mass is 14.8. The van der Waals surface area contributed by atoms with Crippen LogP contribution in [0.1, 0.15) is 18.7 Å². The van der Waals surface area contributed by atoms with E-state index >= 15 is 0 Å². The fraction of sp³-hybridized carbons (Fsp3) is 0.154. The van der Waals surface area contributed by atoms with E-state index in [-0.39, 0.29) is 6.04 Å². The van der Waals surface area contributed by atoms with Gasteiger partial charge in [-0.1, -0.05) is 12.1 Å². The van der Waals surface area contributed by atoms with Crippen molar-refractivity contribution in [2.45, 2.75) is 13.0 Å². The first-order chi connectivity index (χ1) is 7.27. The van der Waals surface area contributed by atoms with Gasteiger partial charge in [-0.05, 0) is 18.7 Å². The van der Waals surface area contributed by atoms with E-state index in [9.17, 15) is 0 Å². The standard InChI is InChI=1S/C13H13N2/c1-10(14)12-8-5-9-13(15-12)11-6-3-2-4-7-11/h2-6,8-10H,14H2,1H3/q-1. The van der Waals surface area contributed by atoms with Crippen molar-refractivity contribution in [3.05, 3.63) is 54.2 Å². The zero-order valence-corrected chi connectivity index (χ0v) is 8.64. The normalized spacial score (nSPS) is 12.4. The maximum atomic E-state index is 5.79. The van der Waals surface area contributed by atoms with E-state index in [2.05, 4.69) is 11.1 Å². The fourth-order valence-electron chi connectivity index (χ4n) is 1.41. The lowest BCUT2D eigenvalue weighted by atomic mass is 10.1. The molecule has 0 fully saturated rings. The first kappa shape index (κ1) is 9.87. The summed E-state index contributed by atoms with van der Waals surface area (Å²) in [5.74, 6) is 0. The number of hydrogen-bond acceptors (Lipinski definition) is 2. The van der Waals surface area contributed by atoms with Gasteiger partial charge in [0.25, 0.3) is 0 Å². The molecule has 2 heteroatoms. The zero-order chi connectivity index (χ0) is 10.7. The quantitative estimate of drug-likeness (QED) is 0.751. The minimum absolute atomic E-state index is 0.0336. The van der Waals surface area contributed by atoms with E-state index in [1.165, 1.54) is 0 Å². The molecule has 2 rings (SSSR count). The van der Waals surface area contributed by atoms with Gasteiger partial charge in [0, 0.05) is 11.7 Å². The number of rotatable bonds is 2. The number of aromatic nitrogens is 1. The van der Waals surface area contributed by atoms with E-state index < -0.39 is 0 Å². The highest BCUT2D eigenvalue weighted by Crippen LogP contribution is 2.17. The van der Waals surface area contributed by atoms with Gasteiger partial charge in [-0.2, -0.15) is 0 Å². The predicted molar refractivity (Wildman–Crippen MR) is 61.1 cm³/mol. The Labute approximate surface area is 89.8 Å². The van der Waals surface area contributed by atoms with E-state index in [1.807, 2.05) is 49.4 Å². The number of benzene rings is 1. The summed E-state index contributed by atoms with van der Waals surface area (Å²) < 4.78 is 0. The van der Waals surface area contributed by atoms with Crippen LogP contribution in [-0.4, -0.2) is 4.98 Å². The van der Waals surface area contributed by atoms with Crippen LogP contribution in [0.25, 0.3) is 11.3 Å². The van der Waals surface area contributed by atoms with Crippen molar-refractivity contribution < 1.29 is 0 Å². The van der Waals surface area contributed by atoms with Crippen LogP contribution < -0.4 is 5.73 Å². The van der Waals surface area contributed by atoms with Gasteiger partial charge in [-0.25, -0.2) is 0 Å². The lowest BCUT2D eigenvalue weighted by molar-refractivity contribution is 0.782. The van der Waals surface area contributed by atoms with Gasteiger partial charge in [0.1, 0.15) is 0 Å². The van der Waals surface area contributed by atoms with Crippen molar-refractivity contribution in [3.8, 4) is 11.3 Å². The molecule has 2 N–H and O–H groups in total. The average molecular weight is 197 g/mol. The van der Waals surface area contributed by atoms with Gasteiger partial charge in [0.2, 0.25) is 0 Å². The van der Waals surface area contributed by atoms with Crippen LogP contribution in [0.5, 0.6) is 0 Å². The number of nitrogens with zero attached hydrogens (tertiary/aromatic N) is 1. The first-order valence-electron chi connectivity index (χ1n) is 4.97. The molecule has 2 nitrogen and oxygen atoms in total. The van der Waals surface area contributed by atoms with Crippen LogP contribution >= 0.6 is 0 Å². The van der Waals surface area contributed by atoms with Gasteiger partial charge in [0.15, 0.2) is 0 Å². The summed E-state index contributed by atoms with van der Waals surface area (Å²) >= 11 is 0. The maximum absolute atomic E-state index is 5.79. The van der Waals surface area contributed by atoms with Crippen LogP contribution in [0.3, 0.4) is 0 Å². The van der Waals surface area contributed by atoms with Crippen molar-refractivity contribution in [2.75, 3.05) is 0 Å². The molecule has 1 aromatic heterocycles.